The molecule has 0 heterocycles. The van der Waals surface area contributed by atoms with Crippen molar-refractivity contribution in [2.24, 2.45) is 11.7 Å². The molecule has 4 N–H and O–H groups in total. The number of nitrogens with zero attached hydrogens (tertiary/aromatic N) is 2. The molecule has 0 aromatic rings. The molecule has 0 aliphatic rings. The van der Waals surface area contributed by atoms with Gasteiger partial charge in [-0.15, -0.1) is 23.5 Å². The van der Waals surface area contributed by atoms with Gasteiger partial charge in [0.05, 0.1) is 0 Å². The SMILES string of the molecule is CSC(CSCC(SC)N(N)C=O)N(N)C=O. The Bertz CT molecular complexity index is 213. The predicted octanol–water partition coefficient (Wildman–Crippen LogP) is -0.238. The lowest BCUT2D eigenvalue weighted by molar-refractivity contribution is -0.119. The van der Waals surface area contributed by atoms with Gasteiger partial charge in [-0.3, -0.25) is 19.6 Å². The summed E-state index contributed by atoms with van der Waals surface area (Å²) in [5, 5.41) is 2.15. The van der Waals surface area contributed by atoms with Gasteiger partial charge in [0.15, 0.2) is 0 Å². The molecule has 0 aliphatic heterocycles. The molecule has 0 aliphatic carbocycles. The maximum absolute atomic E-state index is 10.5. The van der Waals surface area contributed by atoms with Crippen LogP contribution in [0.3, 0.4) is 0 Å². The van der Waals surface area contributed by atoms with E-state index in [9.17, 15) is 9.59 Å². The molecule has 0 rings (SSSR count). The molecule has 0 fully saturated rings. The van der Waals surface area contributed by atoms with Gasteiger partial charge >= 0.3 is 0 Å². The zero-order valence-corrected chi connectivity index (χ0v) is 12.3. The van der Waals surface area contributed by atoms with Crippen molar-refractivity contribution in [2.45, 2.75) is 10.7 Å². The van der Waals surface area contributed by atoms with Crippen molar-refractivity contribution in [3.8, 4) is 0 Å². The third-order valence-corrected chi connectivity index (χ3v) is 5.41. The minimum atomic E-state index is -0.0672. The number of amides is 2. The van der Waals surface area contributed by atoms with Crippen LogP contribution < -0.4 is 11.7 Å². The molecule has 0 spiro atoms. The smallest absolute Gasteiger partial charge is 0.224 e. The highest BCUT2D eigenvalue weighted by Gasteiger charge is 2.16. The van der Waals surface area contributed by atoms with E-state index in [2.05, 4.69) is 0 Å². The minimum absolute atomic E-state index is 0.0672. The van der Waals surface area contributed by atoms with E-state index in [0.29, 0.717) is 24.3 Å². The monoisotopic (exact) mass is 298 g/mol. The van der Waals surface area contributed by atoms with Crippen LogP contribution in [-0.4, -0.2) is 57.6 Å². The predicted molar refractivity (Wildman–Crippen MR) is 76.1 cm³/mol. The first kappa shape index (κ1) is 16.9. The Hall–Kier alpha value is -0.0900. The Morgan fingerprint density at radius 1 is 1.00 bits per heavy atom. The summed E-state index contributed by atoms with van der Waals surface area (Å²) in [5.74, 6) is 12.4. The van der Waals surface area contributed by atoms with Crippen LogP contribution in [-0.2, 0) is 9.59 Å². The highest BCUT2D eigenvalue weighted by atomic mass is 32.2. The fourth-order valence-electron chi connectivity index (χ4n) is 0.957. The second kappa shape index (κ2) is 9.89. The number of nitrogens with two attached hydrogens (primary N) is 2. The lowest BCUT2D eigenvalue weighted by Crippen LogP contribution is -2.41. The Labute approximate surface area is 114 Å². The zero-order valence-electron chi connectivity index (χ0n) is 9.81. The van der Waals surface area contributed by atoms with Crippen LogP contribution in [0.15, 0.2) is 0 Å². The third-order valence-electron chi connectivity index (χ3n) is 1.97. The Morgan fingerprint density at radius 2 is 1.35 bits per heavy atom. The van der Waals surface area contributed by atoms with Crippen LogP contribution in [0.5, 0.6) is 0 Å². The normalized spacial score (nSPS) is 13.9. The standard InChI is InChI=1S/C8H18N4O2S3/c1-15-7(11(9)5-13)3-17-4-8(16-2)12(10)6-14/h5-8H,3-4,9-10H2,1-2H3. The molecule has 0 aromatic carbocycles. The molecule has 2 atom stereocenters. The minimum Gasteiger partial charge on any atom is -0.277 e. The third kappa shape index (κ3) is 6.41. The van der Waals surface area contributed by atoms with Gasteiger partial charge < -0.3 is 0 Å². The molecule has 9 heteroatoms. The van der Waals surface area contributed by atoms with Crippen molar-refractivity contribution >= 4 is 48.1 Å². The number of carbonyl (C=O) groups is 2. The fourth-order valence-corrected chi connectivity index (χ4v) is 4.09. The lowest BCUT2D eigenvalue weighted by atomic mass is 10.7. The van der Waals surface area contributed by atoms with Gasteiger partial charge in [-0.05, 0) is 12.5 Å². The molecular formula is C8H18N4O2S3. The van der Waals surface area contributed by atoms with Crippen LogP contribution in [0.25, 0.3) is 0 Å². The van der Waals surface area contributed by atoms with Crippen LogP contribution in [0.4, 0.5) is 0 Å². The van der Waals surface area contributed by atoms with Crippen LogP contribution in [0, 0.1) is 0 Å². The molecule has 6 nitrogen and oxygen atoms in total. The number of thioether (sulfide) groups is 3. The van der Waals surface area contributed by atoms with Crippen molar-refractivity contribution in [3.63, 3.8) is 0 Å². The van der Waals surface area contributed by atoms with E-state index in [4.69, 9.17) is 11.7 Å². The number of hydrazine groups is 2. The lowest BCUT2D eigenvalue weighted by Gasteiger charge is -2.24. The largest absolute Gasteiger partial charge is 0.277 e. The van der Waals surface area contributed by atoms with Gasteiger partial charge in [-0.25, -0.2) is 11.7 Å². The highest BCUT2D eigenvalue weighted by molar-refractivity contribution is 8.04. The molecule has 0 bridgehead atoms. The maximum atomic E-state index is 10.5. The molecule has 0 saturated carbocycles. The van der Waals surface area contributed by atoms with Crippen molar-refractivity contribution in [1.29, 1.82) is 0 Å². The Kier molecular flexibility index (Phi) is 9.84. The summed E-state index contributed by atoms with van der Waals surface area (Å²) in [4.78, 5) is 21.0. The first-order valence-electron chi connectivity index (χ1n) is 4.70. The average molecular weight is 298 g/mol. The number of carbonyl (C=O) groups excluding carboxylic acids is 2. The second-order valence-electron chi connectivity index (χ2n) is 3.02. The van der Waals surface area contributed by atoms with Crippen molar-refractivity contribution in [2.75, 3.05) is 24.0 Å². The topological polar surface area (TPSA) is 92.7 Å². The average Bonchev–Trinajstić information content (AvgIpc) is 2.37. The summed E-state index contributed by atoms with van der Waals surface area (Å²) in [5.41, 5.74) is 0. The maximum Gasteiger partial charge on any atom is 0.224 e. The van der Waals surface area contributed by atoms with Gasteiger partial charge in [-0.1, -0.05) is 0 Å². The molecule has 0 saturated heterocycles. The van der Waals surface area contributed by atoms with Crippen molar-refractivity contribution in [3.05, 3.63) is 0 Å². The summed E-state index contributed by atoms with van der Waals surface area (Å²) in [7, 11) is 0. The summed E-state index contributed by atoms with van der Waals surface area (Å²) in [6.45, 7) is 0. The van der Waals surface area contributed by atoms with Gasteiger partial charge in [0.2, 0.25) is 12.8 Å². The van der Waals surface area contributed by atoms with Crippen LogP contribution in [0.1, 0.15) is 0 Å². The fraction of sp³-hybridized carbons (Fsp3) is 0.750. The van der Waals surface area contributed by atoms with E-state index in [1.54, 1.807) is 11.8 Å². The summed E-state index contributed by atoms with van der Waals surface area (Å²) >= 11 is 4.61. The van der Waals surface area contributed by atoms with E-state index < -0.39 is 0 Å². The molecule has 17 heavy (non-hydrogen) atoms. The molecule has 100 valence electrons. The molecule has 2 unspecified atom stereocenters. The van der Waals surface area contributed by atoms with E-state index in [1.165, 1.54) is 23.5 Å². The first-order chi connectivity index (χ1) is 8.10. The zero-order chi connectivity index (χ0) is 13.3. The van der Waals surface area contributed by atoms with Crippen LogP contribution >= 0.6 is 35.3 Å². The molecule has 0 aromatic heterocycles. The first-order valence-corrected chi connectivity index (χ1v) is 8.43. The Morgan fingerprint density at radius 3 is 1.59 bits per heavy atom. The summed E-state index contributed by atoms with van der Waals surface area (Å²) in [6, 6.07) is 0. The van der Waals surface area contributed by atoms with Gasteiger partial charge in [0.25, 0.3) is 0 Å². The summed E-state index contributed by atoms with van der Waals surface area (Å²) in [6.07, 6.45) is 4.99. The Balaban J connectivity index is 4.01. The van der Waals surface area contributed by atoms with Gasteiger partial charge in [-0.2, -0.15) is 11.8 Å². The van der Waals surface area contributed by atoms with Crippen LogP contribution in [0.2, 0.25) is 0 Å². The van der Waals surface area contributed by atoms with E-state index in [1.807, 2.05) is 12.5 Å². The van der Waals surface area contributed by atoms with E-state index in [-0.39, 0.29) is 10.7 Å². The van der Waals surface area contributed by atoms with Gasteiger partial charge in [0, 0.05) is 11.5 Å². The quantitative estimate of drug-likeness (QED) is 0.189. The molecule has 0 radical (unpaired) electrons. The second-order valence-corrected chi connectivity index (χ2v) is 6.13. The summed E-state index contributed by atoms with van der Waals surface area (Å²) < 4.78 is 0. The van der Waals surface area contributed by atoms with Crippen molar-refractivity contribution < 1.29 is 9.59 Å². The van der Waals surface area contributed by atoms with E-state index >= 15 is 0 Å². The number of hydrogen-bond acceptors (Lipinski definition) is 7. The molecule has 2 amide bonds. The van der Waals surface area contributed by atoms with E-state index in [0.717, 1.165) is 10.0 Å². The van der Waals surface area contributed by atoms with Gasteiger partial charge in [0.1, 0.15) is 10.7 Å². The van der Waals surface area contributed by atoms with Crippen molar-refractivity contribution in [1.82, 2.24) is 10.0 Å². The number of hydrogen-bond donors (Lipinski definition) is 2. The highest BCUT2D eigenvalue weighted by Crippen LogP contribution is 2.19. The number of rotatable bonds is 10. The molecular weight excluding hydrogens is 280 g/mol.